The average molecular weight is 464 g/mol. The number of aliphatic imine (C=N–C) groups is 1. The highest BCUT2D eigenvalue weighted by atomic mass is 127. The largest absolute Gasteiger partial charge is 0.370 e. The molecule has 0 radical (unpaired) electrons. The Balaban J connectivity index is 0.00000208. The molecular weight excluding hydrogens is 437 g/mol. The highest BCUT2D eigenvalue weighted by Gasteiger charge is 2.21. The number of halogens is 2. The Bertz CT molecular complexity index is 542. The van der Waals surface area contributed by atoms with Crippen LogP contribution in [0.4, 0.5) is 5.69 Å². The van der Waals surface area contributed by atoms with E-state index in [4.69, 9.17) is 17.3 Å². The molecular formula is C17H27ClIN5. The molecule has 0 aliphatic carbocycles. The predicted octanol–water partition coefficient (Wildman–Crippen LogP) is 2.35. The number of rotatable bonds is 3. The van der Waals surface area contributed by atoms with Gasteiger partial charge in [0.1, 0.15) is 0 Å². The van der Waals surface area contributed by atoms with Crippen LogP contribution in [0.5, 0.6) is 0 Å². The second kappa shape index (κ2) is 9.10. The lowest BCUT2D eigenvalue weighted by Crippen LogP contribution is -2.51. The highest BCUT2D eigenvalue weighted by Crippen LogP contribution is 2.19. The number of likely N-dealkylation sites (tertiary alicyclic amines) is 1. The van der Waals surface area contributed by atoms with Gasteiger partial charge in [-0.3, -0.25) is 4.99 Å². The molecule has 24 heavy (non-hydrogen) atoms. The Labute approximate surface area is 166 Å². The molecule has 2 aliphatic rings. The summed E-state index contributed by atoms with van der Waals surface area (Å²) in [5.74, 6) is 1.37. The lowest BCUT2D eigenvalue weighted by Gasteiger charge is -2.36. The molecule has 0 saturated carbocycles. The number of piperazine rings is 1. The first kappa shape index (κ1) is 19.6. The lowest BCUT2D eigenvalue weighted by atomic mass is 10.1. The molecule has 2 saturated heterocycles. The summed E-state index contributed by atoms with van der Waals surface area (Å²) < 4.78 is 0. The van der Waals surface area contributed by atoms with E-state index in [-0.39, 0.29) is 24.0 Å². The van der Waals surface area contributed by atoms with Gasteiger partial charge in [0, 0.05) is 50.0 Å². The van der Waals surface area contributed by atoms with Crippen molar-refractivity contribution in [2.45, 2.75) is 6.42 Å². The van der Waals surface area contributed by atoms with Gasteiger partial charge in [0.15, 0.2) is 5.96 Å². The van der Waals surface area contributed by atoms with Crippen LogP contribution in [0.2, 0.25) is 5.02 Å². The molecule has 2 heterocycles. The SMILES string of the molecule is CN1CCC(CN=C(N)N2CCN(c3ccc(Cl)cc3)CC2)C1.I. The Morgan fingerprint density at radius 2 is 1.83 bits per heavy atom. The van der Waals surface area contributed by atoms with Crippen molar-refractivity contribution in [1.29, 1.82) is 0 Å². The van der Waals surface area contributed by atoms with Crippen LogP contribution in [0.1, 0.15) is 6.42 Å². The van der Waals surface area contributed by atoms with Gasteiger partial charge < -0.3 is 20.4 Å². The summed E-state index contributed by atoms with van der Waals surface area (Å²) in [6, 6.07) is 8.04. The van der Waals surface area contributed by atoms with Crippen molar-refractivity contribution in [1.82, 2.24) is 9.80 Å². The molecule has 5 nitrogen and oxygen atoms in total. The molecule has 1 aromatic rings. The molecule has 1 atom stereocenters. The molecule has 0 spiro atoms. The van der Waals surface area contributed by atoms with Gasteiger partial charge in [-0.15, -0.1) is 24.0 Å². The first-order valence-corrected chi connectivity index (χ1v) is 8.73. The third kappa shape index (κ3) is 5.13. The minimum absolute atomic E-state index is 0. The smallest absolute Gasteiger partial charge is 0.191 e. The zero-order chi connectivity index (χ0) is 16.2. The van der Waals surface area contributed by atoms with Crippen molar-refractivity contribution in [3.63, 3.8) is 0 Å². The minimum atomic E-state index is 0. The first-order valence-electron chi connectivity index (χ1n) is 8.36. The maximum Gasteiger partial charge on any atom is 0.191 e. The normalized spacial score (nSPS) is 22.6. The third-order valence-electron chi connectivity index (χ3n) is 4.80. The van der Waals surface area contributed by atoms with Crippen LogP contribution in [0.25, 0.3) is 0 Å². The molecule has 1 unspecified atom stereocenters. The topological polar surface area (TPSA) is 48.1 Å². The van der Waals surface area contributed by atoms with Crippen LogP contribution in [-0.2, 0) is 0 Å². The summed E-state index contributed by atoms with van der Waals surface area (Å²) in [5.41, 5.74) is 7.41. The van der Waals surface area contributed by atoms with Gasteiger partial charge >= 0.3 is 0 Å². The molecule has 0 amide bonds. The predicted molar refractivity (Wildman–Crippen MR) is 113 cm³/mol. The molecule has 134 valence electrons. The molecule has 0 aromatic heterocycles. The van der Waals surface area contributed by atoms with Gasteiger partial charge in [-0.25, -0.2) is 0 Å². The summed E-state index contributed by atoms with van der Waals surface area (Å²) in [6.07, 6.45) is 1.23. The van der Waals surface area contributed by atoms with Crippen LogP contribution in [0.3, 0.4) is 0 Å². The van der Waals surface area contributed by atoms with Gasteiger partial charge in [0.2, 0.25) is 0 Å². The van der Waals surface area contributed by atoms with Crippen LogP contribution < -0.4 is 10.6 Å². The highest BCUT2D eigenvalue weighted by molar-refractivity contribution is 14.0. The van der Waals surface area contributed by atoms with Crippen molar-refractivity contribution in [2.24, 2.45) is 16.6 Å². The molecule has 7 heteroatoms. The second-order valence-corrected chi connectivity index (χ2v) is 7.00. The summed E-state index contributed by atoms with van der Waals surface area (Å²) in [4.78, 5) is 11.6. The van der Waals surface area contributed by atoms with E-state index >= 15 is 0 Å². The van der Waals surface area contributed by atoms with Gasteiger partial charge in [-0.1, -0.05) is 11.6 Å². The molecule has 0 bridgehead atoms. The van der Waals surface area contributed by atoms with Gasteiger partial charge in [0.05, 0.1) is 0 Å². The molecule has 1 aromatic carbocycles. The van der Waals surface area contributed by atoms with Crippen LogP contribution in [0, 0.1) is 5.92 Å². The van der Waals surface area contributed by atoms with Crippen LogP contribution in [-0.4, -0.2) is 68.6 Å². The van der Waals surface area contributed by atoms with Crippen molar-refractivity contribution in [3.05, 3.63) is 29.3 Å². The second-order valence-electron chi connectivity index (χ2n) is 6.57. The van der Waals surface area contributed by atoms with Gasteiger partial charge in [0.25, 0.3) is 0 Å². The maximum absolute atomic E-state index is 6.19. The van der Waals surface area contributed by atoms with Gasteiger partial charge in [-0.2, -0.15) is 0 Å². The summed E-state index contributed by atoms with van der Waals surface area (Å²) in [5, 5.41) is 0.779. The Kier molecular flexibility index (Phi) is 7.43. The number of anilines is 1. The van der Waals surface area contributed by atoms with E-state index in [1.807, 2.05) is 12.1 Å². The average Bonchev–Trinajstić information content (AvgIpc) is 2.99. The summed E-state index contributed by atoms with van der Waals surface area (Å²) >= 11 is 5.95. The Hall–Kier alpha value is -0.730. The van der Waals surface area contributed by atoms with E-state index in [0.717, 1.165) is 44.3 Å². The van der Waals surface area contributed by atoms with Crippen LogP contribution in [0.15, 0.2) is 29.3 Å². The number of nitrogens with two attached hydrogens (primary N) is 1. The number of hydrogen-bond donors (Lipinski definition) is 1. The summed E-state index contributed by atoms with van der Waals surface area (Å²) in [6.45, 7) is 6.94. The third-order valence-corrected chi connectivity index (χ3v) is 5.05. The Morgan fingerprint density at radius 3 is 2.42 bits per heavy atom. The van der Waals surface area contributed by atoms with E-state index in [1.165, 1.54) is 18.7 Å². The standard InChI is InChI=1S/C17H26ClN5.HI/c1-21-7-6-14(13-21)12-20-17(19)23-10-8-22(9-11-23)16-4-2-15(18)3-5-16;/h2-5,14H,6-13H2,1H3,(H2,19,20);1H. The number of hydrogen-bond acceptors (Lipinski definition) is 3. The molecule has 2 aliphatic heterocycles. The summed E-state index contributed by atoms with van der Waals surface area (Å²) in [7, 11) is 2.17. The first-order chi connectivity index (χ1) is 11.1. The zero-order valence-electron chi connectivity index (χ0n) is 14.2. The molecule has 2 fully saturated rings. The number of benzene rings is 1. The van der Waals surface area contributed by atoms with E-state index in [9.17, 15) is 0 Å². The van der Waals surface area contributed by atoms with Crippen LogP contribution >= 0.6 is 35.6 Å². The van der Waals surface area contributed by atoms with E-state index in [2.05, 4.69) is 38.9 Å². The fraction of sp³-hybridized carbons (Fsp3) is 0.588. The fourth-order valence-electron chi connectivity index (χ4n) is 3.34. The maximum atomic E-state index is 6.19. The van der Waals surface area contributed by atoms with E-state index in [1.54, 1.807) is 0 Å². The monoisotopic (exact) mass is 463 g/mol. The van der Waals surface area contributed by atoms with E-state index < -0.39 is 0 Å². The van der Waals surface area contributed by atoms with Crippen molar-refractivity contribution in [2.75, 3.05) is 57.8 Å². The number of guanidine groups is 1. The lowest BCUT2D eigenvalue weighted by molar-refractivity contribution is 0.377. The van der Waals surface area contributed by atoms with Gasteiger partial charge in [-0.05, 0) is 50.2 Å². The van der Waals surface area contributed by atoms with Crippen molar-refractivity contribution in [3.8, 4) is 0 Å². The minimum Gasteiger partial charge on any atom is -0.370 e. The Morgan fingerprint density at radius 1 is 1.17 bits per heavy atom. The van der Waals surface area contributed by atoms with Crippen molar-refractivity contribution >= 4 is 47.2 Å². The van der Waals surface area contributed by atoms with E-state index in [0.29, 0.717) is 11.9 Å². The fourth-order valence-corrected chi connectivity index (χ4v) is 3.47. The van der Waals surface area contributed by atoms with Crippen molar-refractivity contribution < 1.29 is 0 Å². The molecule has 3 rings (SSSR count). The quantitative estimate of drug-likeness (QED) is 0.425. The zero-order valence-corrected chi connectivity index (χ0v) is 17.3. The number of nitrogens with zero attached hydrogens (tertiary/aromatic N) is 4. The molecule has 2 N–H and O–H groups in total.